The van der Waals surface area contributed by atoms with E-state index in [2.05, 4.69) is 69.0 Å². The molecule has 2 atom stereocenters. The first-order valence-electron chi connectivity index (χ1n) is 7.10. The minimum absolute atomic E-state index is 0.470. The van der Waals surface area contributed by atoms with E-state index >= 15 is 0 Å². The highest BCUT2D eigenvalue weighted by atomic mass is 32.2. The molecule has 0 aliphatic rings. The average molecular weight is 265 g/mol. The highest BCUT2D eigenvalue weighted by Crippen LogP contribution is 2.27. The van der Waals surface area contributed by atoms with Gasteiger partial charge in [0.15, 0.2) is 0 Å². The van der Waals surface area contributed by atoms with Gasteiger partial charge < -0.3 is 5.32 Å². The van der Waals surface area contributed by atoms with Gasteiger partial charge in [0.25, 0.3) is 0 Å². The van der Waals surface area contributed by atoms with Gasteiger partial charge in [-0.15, -0.1) is 0 Å². The van der Waals surface area contributed by atoms with E-state index in [1.54, 1.807) is 0 Å². The summed E-state index contributed by atoms with van der Waals surface area (Å²) >= 11 is 2.09. The van der Waals surface area contributed by atoms with Crippen LogP contribution in [0.4, 0.5) is 0 Å². The van der Waals surface area contributed by atoms with E-state index in [-0.39, 0.29) is 0 Å². The van der Waals surface area contributed by atoms with Crippen molar-refractivity contribution < 1.29 is 0 Å². The summed E-state index contributed by atoms with van der Waals surface area (Å²) in [6, 6.07) is 9.42. The number of rotatable bonds is 8. The lowest BCUT2D eigenvalue weighted by atomic mass is 10.0. The quantitative estimate of drug-likeness (QED) is 0.691. The Balaban J connectivity index is 2.65. The normalized spacial score (nSPS) is 14.4. The summed E-state index contributed by atoms with van der Waals surface area (Å²) in [6.45, 7) is 9.95. The van der Waals surface area contributed by atoms with Crippen molar-refractivity contribution in [2.45, 2.75) is 51.8 Å². The first kappa shape index (κ1) is 15.6. The molecule has 0 aliphatic heterocycles. The molecule has 0 bridgehead atoms. The third kappa shape index (κ3) is 5.03. The van der Waals surface area contributed by atoms with Crippen molar-refractivity contribution >= 4 is 11.8 Å². The second-order valence-electron chi connectivity index (χ2n) is 4.88. The van der Waals surface area contributed by atoms with Crippen LogP contribution in [-0.4, -0.2) is 17.5 Å². The van der Waals surface area contributed by atoms with Crippen molar-refractivity contribution in [3.05, 3.63) is 35.4 Å². The standard InChI is InChI=1S/C16H27NS/c1-5-7-12-18-14(4)16(17-6-2)15-10-8-13(3)9-11-15/h8-11,14,16-17H,5-7,12H2,1-4H3. The number of nitrogens with one attached hydrogen (secondary N) is 1. The summed E-state index contributed by atoms with van der Waals surface area (Å²) in [5, 5.41) is 4.25. The minimum Gasteiger partial charge on any atom is -0.309 e. The van der Waals surface area contributed by atoms with Crippen LogP contribution in [0.2, 0.25) is 0 Å². The predicted octanol–water partition coefficient (Wildman–Crippen LogP) is 4.57. The van der Waals surface area contributed by atoms with Crippen LogP contribution in [0.3, 0.4) is 0 Å². The number of unbranched alkanes of at least 4 members (excludes halogenated alkanes) is 1. The van der Waals surface area contributed by atoms with Crippen LogP contribution < -0.4 is 5.32 Å². The summed E-state index contributed by atoms with van der Waals surface area (Å²) < 4.78 is 0. The molecule has 0 radical (unpaired) electrons. The van der Waals surface area contributed by atoms with Gasteiger partial charge in [0.2, 0.25) is 0 Å². The zero-order valence-corrected chi connectivity index (χ0v) is 13.0. The molecule has 0 aromatic heterocycles. The third-order valence-corrected chi connectivity index (χ3v) is 4.53. The largest absolute Gasteiger partial charge is 0.309 e. The Kier molecular flexibility index (Phi) is 7.45. The maximum atomic E-state index is 3.62. The van der Waals surface area contributed by atoms with Gasteiger partial charge in [0, 0.05) is 11.3 Å². The van der Waals surface area contributed by atoms with Crippen LogP contribution in [0.15, 0.2) is 24.3 Å². The lowest BCUT2D eigenvalue weighted by Gasteiger charge is -2.25. The lowest BCUT2D eigenvalue weighted by Crippen LogP contribution is -2.28. The minimum atomic E-state index is 0.470. The Morgan fingerprint density at radius 2 is 1.83 bits per heavy atom. The first-order chi connectivity index (χ1) is 8.69. The fourth-order valence-corrected chi connectivity index (χ4v) is 3.33. The molecule has 1 rings (SSSR count). The van der Waals surface area contributed by atoms with Crippen molar-refractivity contribution in [2.75, 3.05) is 12.3 Å². The molecule has 1 aromatic carbocycles. The lowest BCUT2D eigenvalue weighted by molar-refractivity contribution is 0.547. The molecule has 2 heteroatoms. The van der Waals surface area contributed by atoms with Gasteiger partial charge in [-0.05, 0) is 31.2 Å². The highest BCUT2D eigenvalue weighted by molar-refractivity contribution is 7.99. The van der Waals surface area contributed by atoms with Gasteiger partial charge in [-0.3, -0.25) is 0 Å². The Morgan fingerprint density at radius 3 is 2.39 bits per heavy atom. The molecule has 0 saturated carbocycles. The van der Waals surface area contributed by atoms with Crippen LogP contribution in [0.25, 0.3) is 0 Å². The third-order valence-electron chi connectivity index (χ3n) is 3.21. The van der Waals surface area contributed by atoms with E-state index in [0.717, 1.165) is 6.54 Å². The van der Waals surface area contributed by atoms with Gasteiger partial charge in [0.05, 0.1) is 0 Å². The number of thioether (sulfide) groups is 1. The van der Waals surface area contributed by atoms with Crippen molar-refractivity contribution in [1.29, 1.82) is 0 Å². The summed E-state index contributed by atoms with van der Waals surface area (Å²) in [5.74, 6) is 1.27. The van der Waals surface area contributed by atoms with Crippen molar-refractivity contribution in [2.24, 2.45) is 0 Å². The van der Waals surface area contributed by atoms with E-state index in [1.165, 1.54) is 29.7 Å². The second kappa shape index (κ2) is 8.60. The van der Waals surface area contributed by atoms with E-state index in [1.807, 2.05) is 0 Å². The summed E-state index contributed by atoms with van der Waals surface area (Å²) in [6.07, 6.45) is 2.61. The van der Waals surface area contributed by atoms with Gasteiger partial charge in [0.1, 0.15) is 0 Å². The monoisotopic (exact) mass is 265 g/mol. The molecule has 18 heavy (non-hydrogen) atoms. The average Bonchev–Trinajstić information content (AvgIpc) is 2.37. The van der Waals surface area contributed by atoms with Crippen LogP contribution >= 0.6 is 11.8 Å². The topological polar surface area (TPSA) is 12.0 Å². The second-order valence-corrected chi connectivity index (χ2v) is 6.36. The fourth-order valence-electron chi connectivity index (χ4n) is 2.06. The van der Waals surface area contributed by atoms with E-state index in [4.69, 9.17) is 0 Å². The fraction of sp³-hybridized carbons (Fsp3) is 0.625. The Hall–Kier alpha value is -0.470. The summed E-state index contributed by atoms with van der Waals surface area (Å²) in [7, 11) is 0. The predicted molar refractivity (Wildman–Crippen MR) is 84.4 cm³/mol. The van der Waals surface area contributed by atoms with E-state index < -0.39 is 0 Å². The zero-order valence-electron chi connectivity index (χ0n) is 12.2. The molecule has 0 aliphatic carbocycles. The zero-order chi connectivity index (χ0) is 13.4. The van der Waals surface area contributed by atoms with Crippen molar-refractivity contribution in [3.8, 4) is 0 Å². The highest BCUT2D eigenvalue weighted by Gasteiger charge is 2.18. The molecule has 1 nitrogen and oxygen atoms in total. The maximum absolute atomic E-state index is 3.62. The van der Waals surface area contributed by atoms with Crippen molar-refractivity contribution in [3.63, 3.8) is 0 Å². The first-order valence-corrected chi connectivity index (χ1v) is 8.15. The SMILES string of the molecule is CCCCSC(C)C(NCC)c1ccc(C)cc1. The van der Waals surface area contributed by atoms with Gasteiger partial charge in [-0.25, -0.2) is 0 Å². The van der Waals surface area contributed by atoms with Crippen LogP contribution in [0, 0.1) is 6.92 Å². The molecule has 1 aromatic rings. The smallest absolute Gasteiger partial charge is 0.0437 e. The summed E-state index contributed by atoms with van der Waals surface area (Å²) in [5.41, 5.74) is 2.75. The van der Waals surface area contributed by atoms with Gasteiger partial charge in [-0.1, -0.05) is 57.0 Å². The molecule has 2 unspecified atom stereocenters. The summed E-state index contributed by atoms with van der Waals surface area (Å²) in [4.78, 5) is 0. The van der Waals surface area contributed by atoms with Crippen LogP contribution in [0.1, 0.15) is 50.8 Å². The number of hydrogen-bond donors (Lipinski definition) is 1. The van der Waals surface area contributed by atoms with Crippen LogP contribution in [0.5, 0.6) is 0 Å². The number of hydrogen-bond acceptors (Lipinski definition) is 2. The van der Waals surface area contributed by atoms with E-state index in [9.17, 15) is 0 Å². The van der Waals surface area contributed by atoms with Crippen LogP contribution in [-0.2, 0) is 0 Å². The number of benzene rings is 1. The number of aryl methyl sites for hydroxylation is 1. The van der Waals surface area contributed by atoms with Crippen molar-refractivity contribution in [1.82, 2.24) is 5.32 Å². The van der Waals surface area contributed by atoms with E-state index in [0.29, 0.717) is 11.3 Å². The van der Waals surface area contributed by atoms with Gasteiger partial charge in [-0.2, -0.15) is 11.8 Å². The Morgan fingerprint density at radius 1 is 1.17 bits per heavy atom. The Bertz CT molecular complexity index is 320. The maximum Gasteiger partial charge on any atom is 0.0437 e. The molecule has 0 amide bonds. The Labute approximate surface area is 117 Å². The van der Waals surface area contributed by atoms with Gasteiger partial charge >= 0.3 is 0 Å². The molecular formula is C16H27NS. The molecule has 1 N–H and O–H groups in total. The molecule has 0 spiro atoms. The molecule has 0 heterocycles. The molecule has 0 saturated heterocycles. The molecule has 102 valence electrons. The molecular weight excluding hydrogens is 238 g/mol. The molecule has 0 fully saturated rings.